The highest BCUT2D eigenvalue weighted by Gasteiger charge is 2.30. The highest BCUT2D eigenvalue weighted by atomic mass is 32.2. The molecule has 1 unspecified atom stereocenters. The molecule has 1 aliphatic rings. The molecule has 3 rings (SSSR count). The summed E-state index contributed by atoms with van der Waals surface area (Å²) in [5.41, 5.74) is 0.691. The van der Waals surface area contributed by atoms with Gasteiger partial charge in [0.2, 0.25) is 26.0 Å². The monoisotopic (exact) mass is 495 g/mol. The molecular weight excluding hydrogens is 466 g/mol. The maximum atomic E-state index is 12.9. The number of ether oxygens (including phenoxy) is 1. The highest BCUT2D eigenvalue weighted by Crippen LogP contribution is 2.25. The van der Waals surface area contributed by atoms with Crippen molar-refractivity contribution in [1.29, 1.82) is 0 Å². The first-order valence-corrected chi connectivity index (χ1v) is 13.9. The molecule has 1 aliphatic heterocycles. The van der Waals surface area contributed by atoms with Gasteiger partial charge in [-0.25, -0.2) is 16.8 Å². The van der Waals surface area contributed by atoms with Crippen LogP contribution in [0.5, 0.6) is 5.75 Å². The quantitative estimate of drug-likeness (QED) is 0.602. The van der Waals surface area contributed by atoms with Crippen LogP contribution in [0.3, 0.4) is 0 Å². The Balaban J connectivity index is 1.76. The van der Waals surface area contributed by atoms with Crippen LogP contribution in [0.4, 0.5) is 11.4 Å². The fourth-order valence-electron chi connectivity index (χ4n) is 3.75. The lowest BCUT2D eigenvalue weighted by Gasteiger charge is -2.28. The first kappa shape index (κ1) is 25.0. The summed E-state index contributed by atoms with van der Waals surface area (Å²) < 4.78 is 58.0. The molecule has 1 heterocycles. The lowest BCUT2D eigenvalue weighted by atomic mass is 10.2. The van der Waals surface area contributed by atoms with E-state index in [1.54, 1.807) is 24.3 Å². The fourth-order valence-corrected chi connectivity index (χ4v) is 6.44. The van der Waals surface area contributed by atoms with E-state index in [1.807, 2.05) is 0 Å². The van der Waals surface area contributed by atoms with E-state index in [0.717, 1.165) is 29.8 Å². The molecule has 1 amide bonds. The average molecular weight is 496 g/mol. The Morgan fingerprint density at radius 1 is 0.970 bits per heavy atom. The van der Waals surface area contributed by atoms with E-state index in [4.69, 9.17) is 4.74 Å². The minimum atomic E-state index is -3.77. The van der Waals surface area contributed by atoms with Gasteiger partial charge in [-0.2, -0.15) is 4.31 Å². The zero-order valence-electron chi connectivity index (χ0n) is 18.9. The lowest BCUT2D eigenvalue weighted by Crippen LogP contribution is -2.45. The van der Waals surface area contributed by atoms with Crippen LogP contribution in [0.1, 0.15) is 26.2 Å². The number of hydrogen-bond donors (Lipinski definition) is 1. The number of hydrogen-bond acceptors (Lipinski definition) is 6. The van der Waals surface area contributed by atoms with E-state index >= 15 is 0 Å². The van der Waals surface area contributed by atoms with Crippen molar-refractivity contribution < 1.29 is 26.4 Å². The third-order valence-corrected chi connectivity index (χ3v) is 8.64. The summed E-state index contributed by atoms with van der Waals surface area (Å²) in [6.07, 6.45) is 3.74. The van der Waals surface area contributed by atoms with E-state index < -0.39 is 32.0 Å². The number of benzene rings is 2. The third-order valence-electron chi connectivity index (χ3n) is 5.49. The molecule has 1 fully saturated rings. The van der Waals surface area contributed by atoms with Crippen LogP contribution in [-0.4, -0.2) is 59.5 Å². The van der Waals surface area contributed by atoms with E-state index in [1.165, 1.54) is 42.6 Å². The Hall–Kier alpha value is -2.63. The van der Waals surface area contributed by atoms with Gasteiger partial charge < -0.3 is 10.1 Å². The van der Waals surface area contributed by atoms with Gasteiger partial charge in [0, 0.05) is 18.8 Å². The van der Waals surface area contributed by atoms with Crippen LogP contribution >= 0.6 is 0 Å². The molecule has 2 aromatic carbocycles. The van der Waals surface area contributed by atoms with Gasteiger partial charge in [0.25, 0.3) is 0 Å². The van der Waals surface area contributed by atoms with Gasteiger partial charge in [0.1, 0.15) is 11.8 Å². The molecule has 0 bridgehead atoms. The first-order chi connectivity index (χ1) is 15.5. The van der Waals surface area contributed by atoms with Crippen molar-refractivity contribution in [3.8, 4) is 5.75 Å². The Bertz CT molecular complexity index is 1170. The van der Waals surface area contributed by atoms with Crippen molar-refractivity contribution in [3.05, 3.63) is 48.5 Å². The van der Waals surface area contributed by atoms with Crippen molar-refractivity contribution in [3.63, 3.8) is 0 Å². The summed E-state index contributed by atoms with van der Waals surface area (Å²) >= 11 is 0. The maximum absolute atomic E-state index is 12.9. The van der Waals surface area contributed by atoms with E-state index in [-0.39, 0.29) is 4.90 Å². The number of methoxy groups -OCH3 is 1. The Morgan fingerprint density at radius 2 is 1.55 bits per heavy atom. The molecule has 0 aliphatic carbocycles. The summed E-state index contributed by atoms with van der Waals surface area (Å²) in [6, 6.07) is 11.2. The second kappa shape index (κ2) is 10.1. The fraction of sp³-hybridized carbons (Fsp3) is 0.409. The molecule has 1 atom stereocenters. The SMILES string of the molecule is COc1ccc(N(C(C)C(=O)Nc2ccc(S(=O)(=O)N3CCCCC3)cc2)S(C)(=O)=O)cc1. The topological polar surface area (TPSA) is 113 Å². The molecule has 1 saturated heterocycles. The van der Waals surface area contributed by atoms with E-state index in [2.05, 4.69) is 5.32 Å². The standard InChI is InChI=1S/C22H29N3O6S2/c1-17(25(32(3,27)28)19-9-11-20(31-2)12-10-19)22(26)23-18-7-13-21(14-8-18)33(29,30)24-15-5-4-6-16-24/h7-14,17H,4-6,15-16H2,1-3H3,(H,23,26). The van der Waals surface area contributed by atoms with Gasteiger partial charge in [-0.1, -0.05) is 6.42 Å². The molecule has 0 saturated carbocycles. The summed E-state index contributed by atoms with van der Waals surface area (Å²) in [7, 11) is -5.84. The molecule has 11 heteroatoms. The number of piperidine rings is 1. The predicted molar refractivity (Wildman–Crippen MR) is 127 cm³/mol. The Kier molecular flexibility index (Phi) is 7.65. The largest absolute Gasteiger partial charge is 0.497 e. The molecule has 2 aromatic rings. The summed E-state index contributed by atoms with van der Waals surface area (Å²) in [5.74, 6) is 0.00628. The molecule has 0 spiro atoms. The van der Waals surface area contributed by atoms with Crippen LogP contribution < -0.4 is 14.4 Å². The van der Waals surface area contributed by atoms with Crippen LogP contribution in [0.15, 0.2) is 53.4 Å². The minimum Gasteiger partial charge on any atom is -0.497 e. The number of sulfonamides is 2. The molecule has 1 N–H and O–H groups in total. The highest BCUT2D eigenvalue weighted by molar-refractivity contribution is 7.92. The molecule has 0 radical (unpaired) electrons. The minimum absolute atomic E-state index is 0.159. The van der Waals surface area contributed by atoms with Crippen LogP contribution in [0.25, 0.3) is 0 Å². The summed E-state index contributed by atoms with van der Waals surface area (Å²) in [6.45, 7) is 2.49. The Morgan fingerprint density at radius 3 is 2.06 bits per heavy atom. The van der Waals surface area contributed by atoms with Crippen molar-refractivity contribution >= 4 is 37.3 Å². The van der Waals surface area contributed by atoms with E-state index in [0.29, 0.717) is 30.2 Å². The molecule has 0 aromatic heterocycles. The predicted octanol–water partition coefficient (Wildman–Crippen LogP) is 2.66. The van der Waals surface area contributed by atoms with Gasteiger partial charge in [0.15, 0.2) is 0 Å². The molecular formula is C22H29N3O6S2. The van der Waals surface area contributed by atoms with Gasteiger partial charge in [-0.15, -0.1) is 0 Å². The van der Waals surface area contributed by atoms with Crippen LogP contribution in [0.2, 0.25) is 0 Å². The van der Waals surface area contributed by atoms with Gasteiger partial charge >= 0.3 is 0 Å². The Labute approximate surface area is 195 Å². The van der Waals surface area contributed by atoms with Gasteiger partial charge in [0.05, 0.1) is 23.9 Å². The smallest absolute Gasteiger partial charge is 0.247 e. The number of nitrogens with one attached hydrogen (secondary N) is 1. The normalized spacial score (nSPS) is 16.1. The third kappa shape index (κ3) is 5.84. The number of nitrogens with zero attached hydrogens (tertiary/aromatic N) is 2. The van der Waals surface area contributed by atoms with Crippen LogP contribution in [0, 0.1) is 0 Å². The summed E-state index contributed by atoms with van der Waals surface area (Å²) in [4.78, 5) is 13.0. The van der Waals surface area contributed by atoms with Gasteiger partial charge in [-0.3, -0.25) is 9.10 Å². The second-order valence-corrected chi connectivity index (χ2v) is 11.7. The van der Waals surface area contributed by atoms with Gasteiger partial charge in [-0.05, 0) is 68.3 Å². The number of anilines is 2. The zero-order valence-corrected chi connectivity index (χ0v) is 20.5. The number of rotatable bonds is 8. The van der Waals surface area contributed by atoms with Crippen LogP contribution in [-0.2, 0) is 24.8 Å². The number of carbonyl (C=O) groups excluding carboxylic acids is 1. The number of amides is 1. The van der Waals surface area contributed by atoms with Crippen molar-refractivity contribution in [2.24, 2.45) is 0 Å². The average Bonchev–Trinajstić information content (AvgIpc) is 2.79. The molecule has 180 valence electrons. The number of carbonyl (C=O) groups is 1. The maximum Gasteiger partial charge on any atom is 0.247 e. The summed E-state index contributed by atoms with van der Waals surface area (Å²) in [5, 5.41) is 2.67. The van der Waals surface area contributed by atoms with Crippen molar-refractivity contribution in [2.75, 3.05) is 36.1 Å². The lowest BCUT2D eigenvalue weighted by molar-refractivity contribution is -0.116. The van der Waals surface area contributed by atoms with Crippen molar-refractivity contribution in [1.82, 2.24) is 4.31 Å². The van der Waals surface area contributed by atoms with E-state index in [9.17, 15) is 21.6 Å². The second-order valence-electron chi connectivity index (χ2n) is 7.91. The molecule has 9 nitrogen and oxygen atoms in total. The first-order valence-electron chi connectivity index (χ1n) is 10.6. The molecule has 33 heavy (non-hydrogen) atoms. The zero-order chi connectivity index (χ0) is 24.2. The van der Waals surface area contributed by atoms with Crippen molar-refractivity contribution in [2.45, 2.75) is 37.1 Å².